The van der Waals surface area contributed by atoms with E-state index in [4.69, 9.17) is 5.11 Å². The first-order chi connectivity index (χ1) is 8.06. The van der Waals surface area contributed by atoms with Crippen LogP contribution in [0.4, 0.5) is 0 Å². The number of rotatable bonds is 3. The average molecular weight is 266 g/mol. The minimum Gasteiger partial charge on any atom is -0.478 e. The lowest BCUT2D eigenvalue weighted by Gasteiger charge is -2.03. The molecule has 17 heavy (non-hydrogen) atoms. The predicted molar refractivity (Wildman–Crippen MR) is 66.9 cm³/mol. The maximum absolute atomic E-state index is 11.0. The molecule has 1 N–H and O–H groups in total. The van der Waals surface area contributed by atoms with Crippen LogP contribution in [0, 0.1) is 13.8 Å². The second kappa shape index (κ2) is 4.85. The van der Waals surface area contributed by atoms with Crippen molar-refractivity contribution in [2.24, 2.45) is 0 Å². The zero-order valence-electron chi connectivity index (χ0n) is 9.30. The van der Waals surface area contributed by atoms with E-state index in [1.807, 2.05) is 13.0 Å². The van der Waals surface area contributed by atoms with E-state index >= 15 is 0 Å². The minimum atomic E-state index is -0.904. The third-order valence-electron chi connectivity index (χ3n) is 2.15. The Bertz CT molecular complexity index is 566. The number of hydrogen-bond donors (Lipinski definition) is 1. The summed E-state index contributed by atoms with van der Waals surface area (Å²) in [5.41, 5.74) is 1.09. The highest BCUT2D eigenvalue weighted by atomic mass is 32.2. The molecule has 0 aliphatic carbocycles. The van der Waals surface area contributed by atoms with Crippen LogP contribution in [0.1, 0.15) is 21.7 Å². The number of carboxylic acid groups (broad SMARTS) is 1. The van der Waals surface area contributed by atoms with E-state index in [-0.39, 0.29) is 0 Å². The normalized spacial score (nSPS) is 10.5. The molecule has 0 aliphatic rings. The van der Waals surface area contributed by atoms with Gasteiger partial charge in [-0.3, -0.25) is 0 Å². The Morgan fingerprint density at radius 2 is 2.18 bits per heavy atom. The van der Waals surface area contributed by atoms with Crippen molar-refractivity contribution < 1.29 is 9.90 Å². The van der Waals surface area contributed by atoms with E-state index in [2.05, 4.69) is 9.36 Å². The first kappa shape index (κ1) is 12.1. The van der Waals surface area contributed by atoms with Gasteiger partial charge in [0.1, 0.15) is 5.82 Å². The van der Waals surface area contributed by atoms with Crippen LogP contribution >= 0.6 is 23.3 Å². The number of benzene rings is 1. The first-order valence-corrected chi connectivity index (χ1v) is 6.47. The summed E-state index contributed by atoms with van der Waals surface area (Å²) in [6, 6.07) is 5.36. The molecular weight excluding hydrogens is 256 g/mol. The zero-order valence-corrected chi connectivity index (χ0v) is 10.9. The van der Waals surface area contributed by atoms with Gasteiger partial charge in [-0.1, -0.05) is 17.8 Å². The predicted octanol–water partition coefficient (Wildman–Crippen LogP) is 3.00. The standard InChI is InChI=1S/C11H10N2O2S2/c1-6-3-4-8(5-9(6)10(14)15)16-11-12-7(2)13-17-11/h3-5H,1-2H3,(H,14,15). The van der Waals surface area contributed by atoms with Gasteiger partial charge in [-0.25, -0.2) is 9.78 Å². The summed E-state index contributed by atoms with van der Waals surface area (Å²) in [5, 5.41) is 9.03. The molecule has 0 spiro atoms. The summed E-state index contributed by atoms with van der Waals surface area (Å²) in [7, 11) is 0. The van der Waals surface area contributed by atoms with Crippen LogP contribution in [0.25, 0.3) is 0 Å². The van der Waals surface area contributed by atoms with Gasteiger partial charge in [0.2, 0.25) is 0 Å². The lowest BCUT2D eigenvalue weighted by Crippen LogP contribution is -1.99. The number of carboxylic acids is 1. The van der Waals surface area contributed by atoms with Gasteiger partial charge in [-0.15, -0.1) is 0 Å². The van der Waals surface area contributed by atoms with Gasteiger partial charge in [0.05, 0.1) is 5.56 Å². The molecule has 0 fully saturated rings. The molecule has 4 nitrogen and oxygen atoms in total. The fourth-order valence-electron chi connectivity index (χ4n) is 1.32. The van der Waals surface area contributed by atoms with Crippen molar-refractivity contribution in [1.82, 2.24) is 9.36 Å². The van der Waals surface area contributed by atoms with Crippen LogP contribution in [-0.4, -0.2) is 20.4 Å². The molecular formula is C11H10N2O2S2. The Kier molecular flexibility index (Phi) is 3.44. The summed E-state index contributed by atoms with van der Waals surface area (Å²) < 4.78 is 4.90. The summed E-state index contributed by atoms with van der Waals surface area (Å²) in [4.78, 5) is 16.1. The molecule has 0 unspecified atom stereocenters. The highest BCUT2D eigenvalue weighted by Gasteiger charge is 2.09. The monoisotopic (exact) mass is 266 g/mol. The minimum absolute atomic E-state index is 0.330. The molecule has 2 aromatic rings. The Hall–Kier alpha value is -1.40. The van der Waals surface area contributed by atoms with Gasteiger partial charge in [0.15, 0.2) is 4.34 Å². The smallest absolute Gasteiger partial charge is 0.335 e. The van der Waals surface area contributed by atoms with Gasteiger partial charge in [-0.2, -0.15) is 4.37 Å². The van der Waals surface area contributed by atoms with Gasteiger partial charge < -0.3 is 5.11 Å². The maximum atomic E-state index is 11.0. The summed E-state index contributed by atoms with van der Waals surface area (Å²) in [6.45, 7) is 3.62. The average Bonchev–Trinajstić information content (AvgIpc) is 2.66. The zero-order chi connectivity index (χ0) is 12.4. The molecule has 0 saturated heterocycles. The third-order valence-corrected chi connectivity index (χ3v) is 3.99. The number of aromatic nitrogens is 2. The largest absolute Gasteiger partial charge is 0.478 e. The second-order valence-corrected chi connectivity index (χ2v) is 5.56. The van der Waals surface area contributed by atoms with Crippen LogP contribution < -0.4 is 0 Å². The van der Waals surface area contributed by atoms with E-state index in [0.717, 1.165) is 20.6 Å². The van der Waals surface area contributed by atoms with E-state index in [0.29, 0.717) is 5.56 Å². The first-order valence-electron chi connectivity index (χ1n) is 4.88. The number of aryl methyl sites for hydroxylation is 2. The van der Waals surface area contributed by atoms with Crippen LogP contribution in [-0.2, 0) is 0 Å². The highest BCUT2D eigenvalue weighted by Crippen LogP contribution is 2.30. The van der Waals surface area contributed by atoms with Crippen LogP contribution in [0.3, 0.4) is 0 Å². The molecule has 6 heteroatoms. The van der Waals surface area contributed by atoms with Crippen molar-refractivity contribution in [3.63, 3.8) is 0 Å². The van der Waals surface area contributed by atoms with Gasteiger partial charge in [-0.05, 0) is 43.1 Å². The topological polar surface area (TPSA) is 63.1 Å². The second-order valence-electron chi connectivity index (χ2n) is 3.49. The Morgan fingerprint density at radius 3 is 2.76 bits per heavy atom. The highest BCUT2D eigenvalue weighted by molar-refractivity contribution is 8.01. The molecule has 0 saturated carbocycles. The molecule has 1 aromatic carbocycles. The van der Waals surface area contributed by atoms with Crippen molar-refractivity contribution in [2.45, 2.75) is 23.1 Å². The SMILES string of the molecule is Cc1nsc(Sc2ccc(C)c(C(=O)O)c2)n1. The van der Waals surface area contributed by atoms with E-state index < -0.39 is 5.97 Å². The summed E-state index contributed by atoms with van der Waals surface area (Å²) in [5.74, 6) is -0.165. The van der Waals surface area contributed by atoms with E-state index in [1.165, 1.54) is 23.3 Å². The van der Waals surface area contributed by atoms with Crippen molar-refractivity contribution in [1.29, 1.82) is 0 Å². The maximum Gasteiger partial charge on any atom is 0.335 e. The lowest BCUT2D eigenvalue weighted by atomic mass is 10.1. The van der Waals surface area contributed by atoms with Crippen LogP contribution in [0.2, 0.25) is 0 Å². The Labute approximate surface area is 107 Å². The van der Waals surface area contributed by atoms with E-state index in [9.17, 15) is 4.79 Å². The van der Waals surface area contributed by atoms with Crippen molar-refractivity contribution >= 4 is 29.3 Å². The summed E-state index contributed by atoms with van der Waals surface area (Å²) >= 11 is 2.75. The number of hydrogen-bond acceptors (Lipinski definition) is 5. The molecule has 0 amide bonds. The number of aromatic carboxylic acids is 1. The van der Waals surface area contributed by atoms with Gasteiger partial charge in [0.25, 0.3) is 0 Å². The van der Waals surface area contributed by atoms with Crippen molar-refractivity contribution in [2.75, 3.05) is 0 Å². The number of nitrogens with zero attached hydrogens (tertiary/aromatic N) is 2. The van der Waals surface area contributed by atoms with Crippen LogP contribution in [0.5, 0.6) is 0 Å². The number of carbonyl (C=O) groups is 1. The van der Waals surface area contributed by atoms with Crippen LogP contribution in [0.15, 0.2) is 27.4 Å². The van der Waals surface area contributed by atoms with Gasteiger partial charge in [0, 0.05) is 4.90 Å². The molecule has 88 valence electrons. The van der Waals surface area contributed by atoms with Gasteiger partial charge >= 0.3 is 5.97 Å². The third kappa shape index (κ3) is 2.83. The molecule has 0 bridgehead atoms. The van der Waals surface area contributed by atoms with E-state index in [1.54, 1.807) is 19.1 Å². The molecule has 0 aliphatic heterocycles. The molecule has 1 aromatic heterocycles. The Morgan fingerprint density at radius 1 is 1.41 bits per heavy atom. The summed E-state index contributed by atoms with van der Waals surface area (Å²) in [6.07, 6.45) is 0. The van der Waals surface area contributed by atoms with Crippen molar-refractivity contribution in [3.05, 3.63) is 35.2 Å². The Balaban J connectivity index is 2.28. The fourth-order valence-corrected chi connectivity index (χ4v) is 2.98. The molecule has 1 heterocycles. The molecule has 2 rings (SSSR count). The fraction of sp³-hybridized carbons (Fsp3) is 0.182. The lowest BCUT2D eigenvalue weighted by molar-refractivity contribution is 0.0696. The molecule has 0 radical (unpaired) electrons. The molecule has 0 atom stereocenters. The quantitative estimate of drug-likeness (QED) is 0.925. The van der Waals surface area contributed by atoms with Crippen molar-refractivity contribution in [3.8, 4) is 0 Å².